The van der Waals surface area contributed by atoms with Crippen molar-refractivity contribution >= 4 is 17.4 Å². The second-order valence-electron chi connectivity index (χ2n) is 9.28. The molecule has 0 aromatic heterocycles. The Labute approximate surface area is 219 Å². The van der Waals surface area contributed by atoms with Gasteiger partial charge in [0.15, 0.2) is 11.5 Å². The first-order valence-electron chi connectivity index (χ1n) is 12.7. The van der Waals surface area contributed by atoms with Crippen molar-refractivity contribution in [2.24, 2.45) is 0 Å². The van der Waals surface area contributed by atoms with Gasteiger partial charge in [-0.15, -0.1) is 0 Å². The number of aryl methyl sites for hydroxylation is 1. The minimum atomic E-state index is -0.776. The van der Waals surface area contributed by atoms with E-state index >= 15 is 0 Å². The molecule has 1 saturated heterocycles. The third-order valence-corrected chi connectivity index (χ3v) is 6.63. The Morgan fingerprint density at radius 1 is 1.00 bits per heavy atom. The van der Waals surface area contributed by atoms with Crippen molar-refractivity contribution < 1.29 is 28.9 Å². The highest BCUT2D eigenvalue weighted by Gasteiger charge is 2.46. The first-order chi connectivity index (χ1) is 17.7. The molecule has 1 N–H and O–H groups in total. The van der Waals surface area contributed by atoms with Crippen LogP contribution in [-0.4, -0.2) is 73.1 Å². The van der Waals surface area contributed by atoms with Crippen LogP contribution in [-0.2, 0) is 9.59 Å². The molecule has 1 aliphatic heterocycles. The summed E-state index contributed by atoms with van der Waals surface area (Å²) in [4.78, 5) is 30.4. The van der Waals surface area contributed by atoms with Crippen LogP contribution >= 0.6 is 0 Å². The van der Waals surface area contributed by atoms with E-state index in [2.05, 4.69) is 18.7 Å². The molecule has 2 aromatic carbocycles. The van der Waals surface area contributed by atoms with Crippen molar-refractivity contribution in [1.82, 2.24) is 9.80 Å². The smallest absolute Gasteiger partial charge is 0.295 e. The van der Waals surface area contributed by atoms with Crippen molar-refractivity contribution in [2.75, 3.05) is 40.4 Å². The predicted octanol–water partition coefficient (Wildman–Crippen LogP) is 4.56. The number of Topliss-reactive ketones (excluding diaryl/α,β-unsaturated/α-hetero) is 1. The fourth-order valence-electron chi connectivity index (χ4n) is 4.61. The molecule has 1 atom stereocenters. The quantitative estimate of drug-likeness (QED) is 0.269. The predicted molar refractivity (Wildman–Crippen MR) is 143 cm³/mol. The van der Waals surface area contributed by atoms with Crippen LogP contribution < -0.4 is 14.2 Å². The molecule has 0 bridgehead atoms. The fourth-order valence-corrected chi connectivity index (χ4v) is 4.61. The number of nitrogens with zero attached hydrogens (tertiary/aromatic N) is 2. The summed E-state index contributed by atoms with van der Waals surface area (Å²) in [5, 5.41) is 11.4. The van der Waals surface area contributed by atoms with Gasteiger partial charge in [-0.2, -0.15) is 0 Å². The van der Waals surface area contributed by atoms with E-state index in [-0.39, 0.29) is 17.4 Å². The number of likely N-dealkylation sites (tertiary alicyclic amines) is 1. The molecule has 1 unspecified atom stereocenters. The number of carbonyl (C=O) groups is 2. The van der Waals surface area contributed by atoms with Crippen molar-refractivity contribution in [3.05, 3.63) is 58.7 Å². The van der Waals surface area contributed by atoms with Crippen molar-refractivity contribution in [3.8, 4) is 17.2 Å². The van der Waals surface area contributed by atoms with Crippen molar-refractivity contribution in [1.29, 1.82) is 0 Å². The Balaban J connectivity index is 2.15. The van der Waals surface area contributed by atoms with Gasteiger partial charge in [-0.1, -0.05) is 19.9 Å². The number of benzene rings is 2. The van der Waals surface area contributed by atoms with E-state index in [0.29, 0.717) is 41.5 Å². The van der Waals surface area contributed by atoms with Crippen LogP contribution in [0.2, 0.25) is 0 Å². The van der Waals surface area contributed by atoms with Crippen LogP contribution in [0, 0.1) is 6.92 Å². The number of ether oxygens (including phenoxy) is 3. The molecule has 37 heavy (non-hydrogen) atoms. The van der Waals surface area contributed by atoms with Crippen LogP contribution in [0.3, 0.4) is 0 Å². The summed E-state index contributed by atoms with van der Waals surface area (Å²) in [6.45, 7) is 12.5. The van der Waals surface area contributed by atoms with E-state index in [0.717, 1.165) is 18.7 Å². The van der Waals surface area contributed by atoms with E-state index in [4.69, 9.17) is 14.2 Å². The van der Waals surface area contributed by atoms with Crippen LogP contribution in [0.4, 0.5) is 0 Å². The van der Waals surface area contributed by atoms with E-state index in [1.807, 2.05) is 20.8 Å². The molecule has 200 valence electrons. The lowest BCUT2D eigenvalue weighted by Crippen LogP contribution is -2.38. The van der Waals surface area contributed by atoms with Gasteiger partial charge < -0.3 is 29.1 Å². The number of ketones is 1. The van der Waals surface area contributed by atoms with Gasteiger partial charge in [-0.05, 0) is 75.3 Å². The van der Waals surface area contributed by atoms with E-state index in [9.17, 15) is 14.7 Å². The zero-order chi connectivity index (χ0) is 27.3. The number of hydrogen-bond acceptors (Lipinski definition) is 7. The zero-order valence-electron chi connectivity index (χ0n) is 22.8. The van der Waals surface area contributed by atoms with Crippen LogP contribution in [0.1, 0.15) is 50.4 Å². The summed E-state index contributed by atoms with van der Waals surface area (Å²) >= 11 is 0. The summed E-state index contributed by atoms with van der Waals surface area (Å²) in [7, 11) is 3.07. The van der Waals surface area contributed by atoms with Gasteiger partial charge in [-0.25, -0.2) is 0 Å². The highest BCUT2D eigenvalue weighted by molar-refractivity contribution is 6.46. The SMILES string of the molecule is CCN(CC)CCN1C(=O)C(=O)/C(=C(\O)c2ccc(OC(C)C)c(C)c2)C1c1ccc(OC)c(OC)c1. The number of likely N-dealkylation sites (N-methyl/N-ethyl adjacent to an activating group) is 1. The maximum atomic E-state index is 13.4. The lowest BCUT2D eigenvalue weighted by molar-refractivity contribution is -0.140. The lowest BCUT2D eigenvalue weighted by atomic mass is 9.94. The highest BCUT2D eigenvalue weighted by Crippen LogP contribution is 2.42. The first kappa shape index (κ1) is 28.1. The second-order valence-corrected chi connectivity index (χ2v) is 9.28. The Bertz CT molecular complexity index is 1170. The number of hydrogen-bond donors (Lipinski definition) is 1. The molecule has 3 rings (SSSR count). The maximum Gasteiger partial charge on any atom is 0.295 e. The maximum absolute atomic E-state index is 13.4. The minimum Gasteiger partial charge on any atom is -0.507 e. The summed E-state index contributed by atoms with van der Waals surface area (Å²) in [5.41, 5.74) is 1.96. The van der Waals surface area contributed by atoms with Gasteiger partial charge in [0.05, 0.1) is 31.9 Å². The summed E-state index contributed by atoms with van der Waals surface area (Å²) in [5.74, 6) is 0.135. The summed E-state index contributed by atoms with van der Waals surface area (Å²) in [6, 6.07) is 9.74. The number of rotatable bonds is 11. The average molecular weight is 511 g/mol. The third-order valence-electron chi connectivity index (χ3n) is 6.63. The van der Waals surface area contributed by atoms with Crippen molar-refractivity contribution in [3.63, 3.8) is 0 Å². The second kappa shape index (κ2) is 12.1. The molecule has 1 heterocycles. The molecular weight excluding hydrogens is 472 g/mol. The number of amides is 1. The Hall–Kier alpha value is -3.52. The molecule has 1 aliphatic rings. The molecule has 1 fully saturated rings. The largest absolute Gasteiger partial charge is 0.507 e. The lowest BCUT2D eigenvalue weighted by Gasteiger charge is -2.28. The van der Waals surface area contributed by atoms with Gasteiger partial charge in [0, 0.05) is 18.7 Å². The minimum absolute atomic E-state index is 0.000619. The van der Waals surface area contributed by atoms with Gasteiger partial charge >= 0.3 is 0 Å². The average Bonchev–Trinajstić information content (AvgIpc) is 3.14. The zero-order valence-corrected chi connectivity index (χ0v) is 22.8. The summed E-state index contributed by atoms with van der Waals surface area (Å²) < 4.78 is 16.7. The van der Waals surface area contributed by atoms with Crippen molar-refractivity contribution in [2.45, 2.75) is 46.8 Å². The molecule has 2 aromatic rings. The van der Waals surface area contributed by atoms with Gasteiger partial charge in [0.25, 0.3) is 11.7 Å². The number of aliphatic hydroxyl groups is 1. The number of aliphatic hydroxyl groups excluding tert-OH is 1. The Morgan fingerprint density at radius 2 is 1.65 bits per heavy atom. The molecule has 8 heteroatoms. The molecule has 1 amide bonds. The molecular formula is C29H38N2O6. The molecule has 0 radical (unpaired) electrons. The normalized spacial score (nSPS) is 17.1. The van der Waals surface area contributed by atoms with Gasteiger partial charge in [0.2, 0.25) is 0 Å². The van der Waals surface area contributed by atoms with Gasteiger partial charge in [-0.3, -0.25) is 9.59 Å². The topological polar surface area (TPSA) is 88.5 Å². The fraction of sp³-hybridized carbons (Fsp3) is 0.448. The van der Waals surface area contributed by atoms with E-state index < -0.39 is 17.7 Å². The van der Waals surface area contributed by atoms with E-state index in [1.165, 1.54) is 12.0 Å². The number of methoxy groups -OCH3 is 2. The Kier molecular flexibility index (Phi) is 9.21. The van der Waals surface area contributed by atoms with Crippen LogP contribution in [0.5, 0.6) is 17.2 Å². The van der Waals surface area contributed by atoms with Gasteiger partial charge in [0.1, 0.15) is 11.5 Å². The molecule has 8 nitrogen and oxygen atoms in total. The molecule has 0 saturated carbocycles. The first-order valence-corrected chi connectivity index (χ1v) is 12.7. The molecule has 0 aliphatic carbocycles. The van der Waals surface area contributed by atoms with Crippen LogP contribution in [0.15, 0.2) is 42.0 Å². The Morgan fingerprint density at radius 3 is 2.22 bits per heavy atom. The third kappa shape index (κ3) is 5.91. The monoisotopic (exact) mass is 510 g/mol. The highest BCUT2D eigenvalue weighted by atomic mass is 16.5. The van der Waals surface area contributed by atoms with Crippen LogP contribution in [0.25, 0.3) is 5.76 Å². The summed E-state index contributed by atoms with van der Waals surface area (Å²) in [6.07, 6.45) is -0.000619. The number of carbonyl (C=O) groups excluding carboxylic acids is 2. The molecule has 0 spiro atoms. The van der Waals surface area contributed by atoms with E-state index in [1.54, 1.807) is 43.5 Å². The standard InChI is InChI=1S/C29H38N2O6/c1-8-30(9-2)14-15-31-26(20-10-13-23(35-6)24(17-20)36-7)25(28(33)29(31)34)27(32)21-11-12-22(19(5)16-21)37-18(3)4/h10-13,16-18,26,32H,8-9,14-15H2,1-7H3/b27-25-.